The number of guanidine groups is 1. The normalized spacial score (nSPS) is 11.7. The zero-order chi connectivity index (χ0) is 31.4. The quantitative estimate of drug-likeness (QED) is 0.0363. The topological polar surface area (TPSA) is 330 Å². The highest BCUT2D eigenvalue weighted by Crippen LogP contribution is 2.03. The molecule has 0 aliphatic carbocycles. The van der Waals surface area contributed by atoms with Crippen molar-refractivity contribution in [2.75, 3.05) is 38.2 Å². The van der Waals surface area contributed by atoms with Crippen LogP contribution in [0, 0.1) is 5.41 Å². The van der Waals surface area contributed by atoms with Gasteiger partial charge in [-0.05, 0) is 37.7 Å². The van der Waals surface area contributed by atoms with E-state index in [1.54, 1.807) is 11.8 Å². The Morgan fingerprint density at radius 2 is 1.49 bits per heavy atom. The lowest BCUT2D eigenvalue weighted by atomic mass is 10.2. The van der Waals surface area contributed by atoms with Crippen molar-refractivity contribution in [1.29, 1.82) is 5.41 Å². The lowest BCUT2D eigenvalue weighted by molar-refractivity contribution is -0.147. The van der Waals surface area contributed by atoms with Crippen LogP contribution in [0.3, 0.4) is 0 Å². The predicted molar refractivity (Wildman–Crippen MR) is 146 cm³/mol. The number of thioether (sulfide) groups is 1. The highest BCUT2D eigenvalue weighted by Gasteiger charge is 2.22. The van der Waals surface area contributed by atoms with Crippen LogP contribution in [0.25, 0.3) is 0 Å². The molecule has 0 aromatic heterocycles. The Labute approximate surface area is 231 Å². The van der Waals surface area contributed by atoms with E-state index in [2.05, 4.69) is 11.1 Å². The summed E-state index contributed by atoms with van der Waals surface area (Å²) in [4.78, 5) is 51.9. The number of aliphatic hydroxyl groups excluding tert-OH is 1. The molecule has 15 N–H and O–H groups in total. The van der Waals surface area contributed by atoms with Gasteiger partial charge in [0.25, 0.3) is 0 Å². The van der Waals surface area contributed by atoms with Crippen molar-refractivity contribution in [3.05, 3.63) is 0 Å². The molecule has 0 aromatic carbocycles. The molecule has 1 amide bonds. The first kappa shape index (κ1) is 42.9. The molecule has 3 atom stereocenters. The average Bonchev–Trinajstić information content (AvgIpc) is 2.87. The number of hydrogen-bond donors (Lipinski definition) is 11. The highest BCUT2D eigenvalue weighted by atomic mass is 32.2. The molecule has 0 bridgehead atoms. The van der Waals surface area contributed by atoms with E-state index < -0.39 is 42.0 Å². The third-order valence-electron chi connectivity index (χ3n) is 4.15. The second-order valence-corrected chi connectivity index (χ2v) is 8.45. The minimum absolute atomic E-state index is 0.0775. The van der Waals surface area contributed by atoms with E-state index in [0.717, 1.165) is 5.75 Å². The first-order chi connectivity index (χ1) is 18.2. The van der Waals surface area contributed by atoms with Gasteiger partial charge in [-0.2, -0.15) is 11.8 Å². The summed E-state index contributed by atoms with van der Waals surface area (Å²) in [6, 6.07) is -2.40. The number of carbonyl (C=O) groups is 5. The van der Waals surface area contributed by atoms with Gasteiger partial charge in [-0.1, -0.05) is 6.92 Å². The molecule has 0 saturated carbocycles. The van der Waals surface area contributed by atoms with Crippen molar-refractivity contribution >= 4 is 48.0 Å². The number of nitrogens with one attached hydrogen (secondary N) is 2. The summed E-state index contributed by atoms with van der Waals surface area (Å²) in [6.45, 7) is 2.23. The van der Waals surface area contributed by atoms with E-state index in [4.69, 9.17) is 48.1 Å². The molecule has 0 aliphatic heterocycles. The van der Waals surface area contributed by atoms with Crippen LogP contribution in [-0.4, -0.2) is 123 Å². The Bertz CT molecular complexity index is 704. The number of nitrogens with two attached hydrogens (primary N) is 4. The van der Waals surface area contributed by atoms with E-state index in [1.807, 2.05) is 13.2 Å². The van der Waals surface area contributed by atoms with Gasteiger partial charge in [-0.25, -0.2) is 4.79 Å². The number of aliphatic hydroxyl groups is 1. The molecular formula is C21H45N7O10S. The summed E-state index contributed by atoms with van der Waals surface area (Å²) in [6.07, 6.45) is 4.74. The number of nitrogens with zero attached hydrogens (tertiary/aromatic N) is 1. The number of aliphatic carboxylic acids is 4. The molecule has 18 heteroatoms. The monoisotopic (exact) mass is 587 g/mol. The van der Waals surface area contributed by atoms with Crippen LogP contribution in [0.5, 0.6) is 0 Å². The number of carboxylic acid groups (broad SMARTS) is 4. The molecule has 0 aromatic rings. The Balaban J connectivity index is -0.000000219. The Morgan fingerprint density at radius 1 is 1.00 bits per heavy atom. The van der Waals surface area contributed by atoms with Crippen LogP contribution in [-0.2, 0) is 24.0 Å². The van der Waals surface area contributed by atoms with Crippen molar-refractivity contribution < 1.29 is 49.5 Å². The van der Waals surface area contributed by atoms with Gasteiger partial charge in [0, 0.05) is 26.1 Å². The van der Waals surface area contributed by atoms with Crippen LogP contribution in [0.4, 0.5) is 0 Å². The highest BCUT2D eigenvalue weighted by molar-refractivity contribution is 7.98. The average molecular weight is 588 g/mol. The predicted octanol–water partition coefficient (Wildman–Crippen LogP) is -2.47. The summed E-state index contributed by atoms with van der Waals surface area (Å²) in [5.74, 6) is -3.26. The molecule has 0 fully saturated rings. The van der Waals surface area contributed by atoms with Gasteiger partial charge in [-0.3, -0.25) is 24.6 Å². The molecule has 17 nitrogen and oxygen atoms in total. The summed E-state index contributed by atoms with van der Waals surface area (Å²) >= 11 is 1.60. The molecule has 3 unspecified atom stereocenters. The van der Waals surface area contributed by atoms with Crippen LogP contribution in [0.1, 0.15) is 39.0 Å². The summed E-state index contributed by atoms with van der Waals surface area (Å²) in [7, 11) is 0. The molecule has 0 saturated heterocycles. The number of rotatable bonds is 17. The van der Waals surface area contributed by atoms with Crippen molar-refractivity contribution in [1.82, 2.24) is 10.2 Å². The molecule has 0 rings (SSSR count). The van der Waals surface area contributed by atoms with E-state index in [0.29, 0.717) is 45.2 Å². The zero-order valence-electron chi connectivity index (χ0n) is 22.3. The van der Waals surface area contributed by atoms with Crippen LogP contribution < -0.4 is 28.3 Å². The van der Waals surface area contributed by atoms with E-state index in [-0.39, 0.29) is 25.5 Å². The fourth-order valence-corrected chi connectivity index (χ4v) is 2.62. The fourth-order valence-electron chi connectivity index (χ4n) is 2.13. The SMILES string of the molecule is CCCN(C=O)C(CCO)C(=O)O.CSCCC(N)C(=O)O.N=C(N)NCCCC(N)C(=O)O.NCC(=O)O. The smallest absolute Gasteiger partial charge is 0.326 e. The van der Waals surface area contributed by atoms with Gasteiger partial charge in [0.15, 0.2) is 5.96 Å². The largest absolute Gasteiger partial charge is 0.480 e. The molecular weight excluding hydrogens is 542 g/mol. The lowest BCUT2D eigenvalue weighted by Gasteiger charge is -2.23. The Kier molecular flexibility index (Phi) is 32.3. The number of carbonyl (C=O) groups excluding carboxylic acids is 1. The second-order valence-electron chi connectivity index (χ2n) is 7.46. The molecule has 230 valence electrons. The van der Waals surface area contributed by atoms with Crippen LogP contribution >= 0.6 is 11.8 Å². The first-order valence-corrected chi connectivity index (χ1v) is 13.1. The lowest BCUT2D eigenvalue weighted by Crippen LogP contribution is -2.41. The maximum absolute atomic E-state index is 10.7. The van der Waals surface area contributed by atoms with E-state index in [9.17, 15) is 24.0 Å². The molecule has 39 heavy (non-hydrogen) atoms. The van der Waals surface area contributed by atoms with Crippen molar-refractivity contribution in [2.45, 2.75) is 57.2 Å². The first-order valence-electron chi connectivity index (χ1n) is 11.7. The zero-order valence-corrected chi connectivity index (χ0v) is 23.1. The standard InChI is InChI=1S/C8H15NO4.C6H14N4O2.C5H11NO2S.C2H5NO2/c1-2-4-9(6-11)7(3-5-10)8(12)13;7-4(5(11)12)2-1-3-10-6(8)9;1-9-3-2-4(6)5(7)8;3-1-2(4)5/h6-7,10H,2-5H2,1H3,(H,12,13);4H,1-3,7H2,(H,11,12)(H4,8,9,10);4H,2-3,6H2,1H3,(H,7,8);1,3H2,(H,4,5). The molecule has 0 heterocycles. The van der Waals surface area contributed by atoms with Crippen molar-refractivity contribution in [3.8, 4) is 0 Å². The van der Waals surface area contributed by atoms with Gasteiger partial charge in [-0.15, -0.1) is 0 Å². The summed E-state index contributed by atoms with van der Waals surface area (Å²) in [5, 5.41) is 50.9. The summed E-state index contributed by atoms with van der Waals surface area (Å²) in [5.41, 5.74) is 20.0. The number of amides is 1. The van der Waals surface area contributed by atoms with Crippen LogP contribution in [0.2, 0.25) is 0 Å². The third-order valence-corrected chi connectivity index (χ3v) is 4.80. The van der Waals surface area contributed by atoms with Gasteiger partial charge in [0.05, 0.1) is 6.54 Å². The van der Waals surface area contributed by atoms with Crippen molar-refractivity contribution in [2.24, 2.45) is 22.9 Å². The van der Waals surface area contributed by atoms with Gasteiger partial charge in [0.1, 0.15) is 18.1 Å². The van der Waals surface area contributed by atoms with Gasteiger partial charge < -0.3 is 58.7 Å². The fraction of sp³-hybridized carbons (Fsp3) is 0.714. The molecule has 0 radical (unpaired) electrons. The van der Waals surface area contributed by atoms with Crippen molar-refractivity contribution in [3.63, 3.8) is 0 Å². The third kappa shape index (κ3) is 32.8. The minimum atomic E-state index is -1.07. The molecule has 0 aliphatic rings. The van der Waals surface area contributed by atoms with E-state index in [1.165, 1.54) is 4.90 Å². The second kappa shape index (κ2) is 29.4. The Hall–Kier alpha value is -3.19. The van der Waals surface area contributed by atoms with E-state index >= 15 is 0 Å². The maximum atomic E-state index is 10.7. The van der Waals surface area contributed by atoms with Crippen LogP contribution in [0.15, 0.2) is 0 Å². The molecule has 0 spiro atoms. The number of carboxylic acids is 4. The summed E-state index contributed by atoms with van der Waals surface area (Å²) < 4.78 is 0. The maximum Gasteiger partial charge on any atom is 0.326 e. The number of hydrogen-bond acceptors (Lipinski definition) is 11. The van der Waals surface area contributed by atoms with Gasteiger partial charge >= 0.3 is 23.9 Å². The Morgan fingerprint density at radius 3 is 1.79 bits per heavy atom. The van der Waals surface area contributed by atoms with Gasteiger partial charge in [0.2, 0.25) is 6.41 Å². The minimum Gasteiger partial charge on any atom is -0.480 e.